The van der Waals surface area contributed by atoms with E-state index in [2.05, 4.69) is 0 Å². The summed E-state index contributed by atoms with van der Waals surface area (Å²) in [5.74, 6) is 5.48. The zero-order valence-electron chi connectivity index (χ0n) is 7.27. The van der Waals surface area contributed by atoms with E-state index in [9.17, 15) is 5.11 Å². The Kier molecular flexibility index (Phi) is 5.44. The van der Waals surface area contributed by atoms with E-state index in [4.69, 9.17) is 16.7 Å². The summed E-state index contributed by atoms with van der Waals surface area (Å²) in [5.41, 5.74) is 5.58. The molecule has 1 unspecified atom stereocenters. The van der Waals surface area contributed by atoms with Gasteiger partial charge in [-0.1, -0.05) is 6.92 Å². The van der Waals surface area contributed by atoms with E-state index in [-0.39, 0.29) is 13.2 Å². The number of rotatable bonds is 5. The van der Waals surface area contributed by atoms with Gasteiger partial charge in [0.05, 0.1) is 25.0 Å². The highest BCUT2D eigenvalue weighted by molar-refractivity contribution is 4.97. The van der Waals surface area contributed by atoms with Gasteiger partial charge in [0.1, 0.15) is 0 Å². The summed E-state index contributed by atoms with van der Waals surface area (Å²) < 4.78 is 0. The largest absolute Gasteiger partial charge is 0.403 e. The minimum atomic E-state index is -0.489. The molecule has 0 saturated carbocycles. The van der Waals surface area contributed by atoms with E-state index >= 15 is 0 Å². The fraction of sp³-hybridized carbons (Fsp3) is 0.714. The van der Waals surface area contributed by atoms with Gasteiger partial charge in [0.15, 0.2) is 0 Å². The third-order valence-corrected chi connectivity index (χ3v) is 1.60. The van der Waals surface area contributed by atoms with Crippen molar-refractivity contribution in [2.75, 3.05) is 13.2 Å². The van der Waals surface area contributed by atoms with Crippen molar-refractivity contribution in [2.24, 2.45) is 11.6 Å². The standard InChI is InChI=1S/C7H17N3O2/c1-2-7(12)4-10(9)6(3-8)5-11/h3,7,11-12H,2,4-5,8-9H2,1H3/b6-3-. The second-order valence-corrected chi connectivity index (χ2v) is 2.53. The third kappa shape index (κ3) is 3.56. The summed E-state index contributed by atoms with van der Waals surface area (Å²) in [6.07, 6.45) is 1.36. The van der Waals surface area contributed by atoms with Crippen molar-refractivity contribution in [1.82, 2.24) is 5.01 Å². The molecule has 0 fully saturated rings. The molecule has 0 aliphatic heterocycles. The molecule has 0 bridgehead atoms. The molecule has 0 spiro atoms. The van der Waals surface area contributed by atoms with E-state index in [0.29, 0.717) is 12.1 Å². The molecule has 0 radical (unpaired) electrons. The molecule has 0 heterocycles. The molecule has 0 rings (SSSR count). The monoisotopic (exact) mass is 175 g/mol. The van der Waals surface area contributed by atoms with Crippen LogP contribution >= 0.6 is 0 Å². The van der Waals surface area contributed by atoms with Crippen LogP contribution in [0.15, 0.2) is 11.9 Å². The normalized spacial score (nSPS) is 14.5. The number of aliphatic hydroxyl groups is 2. The predicted octanol–water partition coefficient (Wildman–Crippen LogP) is -1.27. The average Bonchev–Trinajstić information content (AvgIpc) is 2.06. The van der Waals surface area contributed by atoms with Crippen LogP contribution in [0.25, 0.3) is 0 Å². The van der Waals surface area contributed by atoms with Crippen molar-refractivity contribution in [3.8, 4) is 0 Å². The Labute approximate surface area is 72.2 Å². The van der Waals surface area contributed by atoms with Crippen molar-refractivity contribution in [3.05, 3.63) is 11.9 Å². The van der Waals surface area contributed by atoms with Crippen LogP contribution in [0.4, 0.5) is 0 Å². The van der Waals surface area contributed by atoms with Gasteiger partial charge in [-0.25, -0.2) is 5.84 Å². The molecule has 6 N–H and O–H groups in total. The average molecular weight is 175 g/mol. The van der Waals surface area contributed by atoms with Gasteiger partial charge in [-0.05, 0) is 6.42 Å². The molecule has 0 aromatic carbocycles. The summed E-state index contributed by atoms with van der Waals surface area (Å²) in [4.78, 5) is 0. The maximum Gasteiger partial charge on any atom is 0.0858 e. The first-order valence-corrected chi connectivity index (χ1v) is 3.87. The van der Waals surface area contributed by atoms with Gasteiger partial charge >= 0.3 is 0 Å². The number of hydrazine groups is 1. The molecule has 72 valence electrons. The lowest BCUT2D eigenvalue weighted by molar-refractivity contribution is 0.118. The molecule has 1 atom stereocenters. The molecular weight excluding hydrogens is 158 g/mol. The molecule has 0 aliphatic rings. The lowest BCUT2D eigenvalue weighted by atomic mass is 10.2. The van der Waals surface area contributed by atoms with E-state index in [1.54, 1.807) is 0 Å². The molecule has 0 aliphatic carbocycles. The van der Waals surface area contributed by atoms with Gasteiger partial charge in [0, 0.05) is 6.20 Å². The number of nitrogens with two attached hydrogens (primary N) is 2. The van der Waals surface area contributed by atoms with Crippen LogP contribution in [0.3, 0.4) is 0 Å². The third-order valence-electron chi connectivity index (χ3n) is 1.60. The van der Waals surface area contributed by atoms with Gasteiger partial charge in [-0.2, -0.15) is 0 Å². The van der Waals surface area contributed by atoms with Crippen LogP contribution < -0.4 is 11.6 Å². The quantitative estimate of drug-likeness (QED) is 0.308. The van der Waals surface area contributed by atoms with Crippen molar-refractivity contribution >= 4 is 0 Å². The highest BCUT2D eigenvalue weighted by Crippen LogP contribution is 1.99. The SMILES string of the molecule is CCC(O)CN(N)/C(=C\N)CO. The molecule has 0 amide bonds. The molecular formula is C7H17N3O2. The van der Waals surface area contributed by atoms with Crippen molar-refractivity contribution in [2.45, 2.75) is 19.4 Å². The Morgan fingerprint density at radius 1 is 1.67 bits per heavy atom. The van der Waals surface area contributed by atoms with Gasteiger partial charge in [-0.3, -0.25) is 0 Å². The zero-order chi connectivity index (χ0) is 9.56. The fourth-order valence-corrected chi connectivity index (χ4v) is 0.713. The Morgan fingerprint density at radius 3 is 2.58 bits per heavy atom. The molecule has 5 nitrogen and oxygen atoms in total. The fourth-order valence-electron chi connectivity index (χ4n) is 0.713. The lowest BCUT2D eigenvalue weighted by Gasteiger charge is -2.22. The van der Waals surface area contributed by atoms with Crippen LogP contribution in [0.5, 0.6) is 0 Å². The van der Waals surface area contributed by atoms with Gasteiger partial charge in [0.2, 0.25) is 0 Å². The van der Waals surface area contributed by atoms with Crippen molar-refractivity contribution in [1.29, 1.82) is 0 Å². The number of aliphatic hydroxyl groups excluding tert-OH is 2. The van der Waals surface area contributed by atoms with Crippen LogP contribution in [0.1, 0.15) is 13.3 Å². The molecule has 0 aromatic rings. The Morgan fingerprint density at radius 2 is 2.25 bits per heavy atom. The maximum absolute atomic E-state index is 9.20. The van der Waals surface area contributed by atoms with E-state index in [1.807, 2.05) is 6.92 Å². The second kappa shape index (κ2) is 5.82. The van der Waals surface area contributed by atoms with Gasteiger partial charge < -0.3 is 21.0 Å². The van der Waals surface area contributed by atoms with Crippen LogP contribution in [0, 0.1) is 0 Å². The highest BCUT2D eigenvalue weighted by atomic mass is 16.3. The van der Waals surface area contributed by atoms with Gasteiger partial charge in [-0.15, -0.1) is 0 Å². The predicted molar refractivity (Wildman–Crippen MR) is 46.5 cm³/mol. The van der Waals surface area contributed by atoms with Gasteiger partial charge in [0.25, 0.3) is 0 Å². The summed E-state index contributed by atoms with van der Waals surface area (Å²) >= 11 is 0. The zero-order valence-corrected chi connectivity index (χ0v) is 7.27. The van der Waals surface area contributed by atoms with E-state index in [1.165, 1.54) is 11.2 Å². The van der Waals surface area contributed by atoms with E-state index < -0.39 is 6.10 Å². The Balaban J connectivity index is 3.93. The van der Waals surface area contributed by atoms with Crippen LogP contribution in [-0.4, -0.2) is 34.5 Å². The maximum atomic E-state index is 9.20. The molecule has 5 heteroatoms. The smallest absolute Gasteiger partial charge is 0.0858 e. The van der Waals surface area contributed by atoms with E-state index in [0.717, 1.165) is 0 Å². The topological polar surface area (TPSA) is 95.7 Å². The highest BCUT2D eigenvalue weighted by Gasteiger charge is 2.08. The number of nitrogens with zero attached hydrogens (tertiary/aromatic N) is 1. The van der Waals surface area contributed by atoms with Crippen LogP contribution in [0.2, 0.25) is 0 Å². The first-order chi connectivity index (χ1) is 5.65. The summed E-state index contributed by atoms with van der Waals surface area (Å²) in [7, 11) is 0. The minimum absolute atomic E-state index is 0.219. The number of hydrogen-bond donors (Lipinski definition) is 4. The van der Waals surface area contributed by atoms with Crippen LogP contribution in [-0.2, 0) is 0 Å². The van der Waals surface area contributed by atoms with Crippen molar-refractivity contribution < 1.29 is 10.2 Å². The number of hydrogen-bond acceptors (Lipinski definition) is 5. The molecule has 0 saturated heterocycles. The Hall–Kier alpha value is -0.780. The van der Waals surface area contributed by atoms with Crippen molar-refractivity contribution in [3.63, 3.8) is 0 Å². The lowest BCUT2D eigenvalue weighted by Crippen LogP contribution is -2.38. The summed E-state index contributed by atoms with van der Waals surface area (Å²) in [6.45, 7) is 1.91. The first kappa shape index (κ1) is 11.2. The first-order valence-electron chi connectivity index (χ1n) is 3.87. The minimum Gasteiger partial charge on any atom is -0.403 e. The summed E-state index contributed by atoms with van der Waals surface area (Å²) in [6, 6.07) is 0. The molecule has 12 heavy (non-hydrogen) atoms. The molecule has 0 aromatic heterocycles. The second-order valence-electron chi connectivity index (χ2n) is 2.53. The summed E-state index contributed by atoms with van der Waals surface area (Å²) in [5, 5.41) is 19.2. The Bertz CT molecular complexity index is 150.